The van der Waals surface area contributed by atoms with Crippen LogP contribution in [0, 0.1) is 11.3 Å². The highest BCUT2D eigenvalue weighted by Crippen LogP contribution is 2.24. The molecule has 3 heteroatoms. The number of hydrogen-bond donors (Lipinski definition) is 1. The summed E-state index contributed by atoms with van der Waals surface area (Å²) >= 11 is 0. The molecular weight excluding hydrogens is 260 g/mol. The van der Waals surface area contributed by atoms with Crippen LogP contribution in [0.15, 0.2) is 30.3 Å². The minimum atomic E-state index is -0.380. The SMILES string of the molecule is CC(C#N)(CCCOCCCc1ccccc1)NC1CC1. The zero-order valence-electron chi connectivity index (χ0n) is 13.0. The van der Waals surface area contributed by atoms with Crippen LogP contribution >= 0.6 is 0 Å². The Hall–Kier alpha value is -1.37. The van der Waals surface area contributed by atoms with Gasteiger partial charge in [0.1, 0.15) is 5.54 Å². The van der Waals surface area contributed by atoms with Gasteiger partial charge >= 0.3 is 0 Å². The number of nitrogens with one attached hydrogen (secondary N) is 1. The highest BCUT2D eigenvalue weighted by atomic mass is 16.5. The maximum Gasteiger partial charge on any atom is 0.104 e. The Morgan fingerprint density at radius 2 is 1.95 bits per heavy atom. The van der Waals surface area contributed by atoms with Crippen molar-refractivity contribution in [2.75, 3.05) is 13.2 Å². The Balaban J connectivity index is 1.50. The van der Waals surface area contributed by atoms with E-state index in [0.717, 1.165) is 38.9 Å². The van der Waals surface area contributed by atoms with Crippen molar-refractivity contribution in [3.63, 3.8) is 0 Å². The van der Waals surface area contributed by atoms with E-state index in [-0.39, 0.29) is 5.54 Å². The van der Waals surface area contributed by atoms with Gasteiger partial charge in [-0.25, -0.2) is 0 Å². The van der Waals surface area contributed by atoms with Crippen LogP contribution in [0.25, 0.3) is 0 Å². The second-order valence-electron chi connectivity index (χ2n) is 6.17. The van der Waals surface area contributed by atoms with Crippen molar-refractivity contribution in [1.82, 2.24) is 5.32 Å². The fraction of sp³-hybridized carbons (Fsp3) is 0.611. The number of nitriles is 1. The monoisotopic (exact) mass is 286 g/mol. The minimum Gasteiger partial charge on any atom is -0.381 e. The van der Waals surface area contributed by atoms with Crippen LogP contribution in [0.2, 0.25) is 0 Å². The molecule has 0 bridgehead atoms. The average Bonchev–Trinajstić information content (AvgIpc) is 3.31. The molecule has 0 radical (unpaired) electrons. The largest absolute Gasteiger partial charge is 0.381 e. The molecule has 1 aromatic rings. The fourth-order valence-corrected chi connectivity index (χ4v) is 2.49. The van der Waals surface area contributed by atoms with Gasteiger partial charge in [0.25, 0.3) is 0 Å². The van der Waals surface area contributed by atoms with Gasteiger partial charge in [-0.05, 0) is 51.0 Å². The molecule has 21 heavy (non-hydrogen) atoms. The van der Waals surface area contributed by atoms with Gasteiger partial charge in [0.2, 0.25) is 0 Å². The minimum absolute atomic E-state index is 0.380. The molecule has 1 aliphatic carbocycles. The molecule has 0 saturated heterocycles. The molecule has 0 heterocycles. The van der Waals surface area contributed by atoms with Crippen LogP contribution < -0.4 is 5.32 Å². The Morgan fingerprint density at radius 1 is 1.24 bits per heavy atom. The summed E-state index contributed by atoms with van der Waals surface area (Å²) < 4.78 is 5.68. The summed E-state index contributed by atoms with van der Waals surface area (Å²) in [6.07, 6.45) is 6.36. The first-order chi connectivity index (χ1) is 10.2. The lowest BCUT2D eigenvalue weighted by Crippen LogP contribution is -2.42. The van der Waals surface area contributed by atoms with Gasteiger partial charge in [0.05, 0.1) is 6.07 Å². The molecule has 114 valence electrons. The molecule has 0 amide bonds. The number of ether oxygens (including phenoxy) is 1. The van der Waals surface area contributed by atoms with E-state index >= 15 is 0 Å². The van der Waals surface area contributed by atoms with E-state index in [9.17, 15) is 5.26 Å². The first-order valence-electron chi connectivity index (χ1n) is 8.02. The Labute approximate surface area is 128 Å². The van der Waals surface area contributed by atoms with Gasteiger partial charge in [0.15, 0.2) is 0 Å². The Bertz CT molecular complexity index is 450. The maximum atomic E-state index is 9.28. The lowest BCUT2D eigenvalue weighted by Gasteiger charge is -2.23. The van der Waals surface area contributed by atoms with E-state index in [1.165, 1.54) is 18.4 Å². The number of rotatable bonds is 10. The standard InChI is InChI=1S/C18H26N2O/c1-18(15-19,20-17-10-11-17)12-6-14-21-13-5-9-16-7-3-2-4-8-16/h2-4,7-8,17,20H,5-6,9-14H2,1H3. The van der Waals surface area contributed by atoms with Crippen molar-refractivity contribution in [1.29, 1.82) is 5.26 Å². The first kappa shape index (κ1) is 16.0. The Kier molecular flexibility index (Phi) is 6.22. The highest BCUT2D eigenvalue weighted by molar-refractivity contribution is 5.14. The van der Waals surface area contributed by atoms with Crippen LogP contribution in [0.3, 0.4) is 0 Å². The average molecular weight is 286 g/mol. The van der Waals surface area contributed by atoms with Crippen LogP contribution in [0.4, 0.5) is 0 Å². The van der Waals surface area contributed by atoms with E-state index in [1.807, 2.05) is 13.0 Å². The zero-order chi connectivity index (χ0) is 15.0. The molecule has 0 spiro atoms. The van der Waals surface area contributed by atoms with Crippen LogP contribution in [0.5, 0.6) is 0 Å². The summed E-state index contributed by atoms with van der Waals surface area (Å²) in [4.78, 5) is 0. The van der Waals surface area contributed by atoms with Crippen LogP contribution in [0.1, 0.15) is 44.6 Å². The molecule has 1 unspecified atom stereocenters. The molecule has 1 fully saturated rings. The third kappa shape index (κ3) is 6.29. The summed E-state index contributed by atoms with van der Waals surface area (Å²) in [6.45, 7) is 3.55. The number of benzene rings is 1. The summed E-state index contributed by atoms with van der Waals surface area (Å²) in [7, 11) is 0. The van der Waals surface area contributed by atoms with E-state index in [1.54, 1.807) is 0 Å². The second kappa shape index (κ2) is 8.17. The number of hydrogen-bond acceptors (Lipinski definition) is 3. The van der Waals surface area contributed by atoms with E-state index < -0.39 is 0 Å². The topological polar surface area (TPSA) is 45.0 Å². The molecule has 1 saturated carbocycles. The first-order valence-corrected chi connectivity index (χ1v) is 8.02. The molecule has 1 aliphatic rings. The summed E-state index contributed by atoms with van der Waals surface area (Å²) in [5, 5.41) is 12.7. The predicted octanol–water partition coefficient (Wildman–Crippen LogP) is 3.45. The second-order valence-corrected chi connectivity index (χ2v) is 6.17. The van der Waals surface area contributed by atoms with Crippen LogP contribution in [-0.2, 0) is 11.2 Å². The third-order valence-corrected chi connectivity index (χ3v) is 3.91. The molecule has 1 aromatic carbocycles. The van der Waals surface area contributed by atoms with Crippen molar-refractivity contribution in [2.24, 2.45) is 0 Å². The quantitative estimate of drug-likeness (QED) is 0.670. The van der Waals surface area contributed by atoms with E-state index in [2.05, 4.69) is 35.7 Å². The van der Waals surface area contributed by atoms with E-state index in [0.29, 0.717) is 6.04 Å². The van der Waals surface area contributed by atoms with Gasteiger partial charge in [0, 0.05) is 19.3 Å². The van der Waals surface area contributed by atoms with Crippen molar-refractivity contribution in [3.05, 3.63) is 35.9 Å². The maximum absolute atomic E-state index is 9.28. The van der Waals surface area contributed by atoms with Crippen molar-refractivity contribution in [3.8, 4) is 6.07 Å². The van der Waals surface area contributed by atoms with Gasteiger partial charge in [-0.15, -0.1) is 0 Å². The molecule has 1 atom stereocenters. The van der Waals surface area contributed by atoms with Gasteiger partial charge in [-0.3, -0.25) is 5.32 Å². The molecule has 2 rings (SSSR count). The van der Waals surface area contributed by atoms with Crippen molar-refractivity contribution >= 4 is 0 Å². The summed E-state index contributed by atoms with van der Waals surface area (Å²) in [6, 6.07) is 13.5. The van der Waals surface area contributed by atoms with E-state index in [4.69, 9.17) is 4.74 Å². The fourth-order valence-electron chi connectivity index (χ4n) is 2.49. The normalized spacial score (nSPS) is 17.1. The third-order valence-electron chi connectivity index (χ3n) is 3.91. The molecule has 0 aromatic heterocycles. The number of aryl methyl sites for hydroxylation is 1. The molecule has 1 N–H and O–H groups in total. The highest BCUT2D eigenvalue weighted by Gasteiger charge is 2.31. The Morgan fingerprint density at radius 3 is 2.62 bits per heavy atom. The lowest BCUT2D eigenvalue weighted by atomic mass is 9.98. The zero-order valence-corrected chi connectivity index (χ0v) is 13.0. The van der Waals surface area contributed by atoms with Crippen molar-refractivity contribution in [2.45, 2.75) is 57.0 Å². The smallest absolute Gasteiger partial charge is 0.104 e. The van der Waals surface area contributed by atoms with Crippen LogP contribution in [-0.4, -0.2) is 24.8 Å². The van der Waals surface area contributed by atoms with Gasteiger partial charge in [-0.2, -0.15) is 5.26 Å². The van der Waals surface area contributed by atoms with Gasteiger partial charge < -0.3 is 4.74 Å². The molecule has 0 aliphatic heterocycles. The molecule has 3 nitrogen and oxygen atoms in total. The van der Waals surface area contributed by atoms with Gasteiger partial charge in [-0.1, -0.05) is 30.3 Å². The lowest BCUT2D eigenvalue weighted by molar-refractivity contribution is 0.124. The molecular formula is C18H26N2O. The summed E-state index contributed by atoms with van der Waals surface area (Å²) in [5.41, 5.74) is 0.987. The van der Waals surface area contributed by atoms with Crippen molar-refractivity contribution < 1.29 is 4.74 Å². The number of nitrogens with zero attached hydrogens (tertiary/aromatic N) is 1. The predicted molar refractivity (Wildman–Crippen MR) is 85.0 cm³/mol. The summed E-state index contributed by atoms with van der Waals surface area (Å²) in [5.74, 6) is 0.